The maximum absolute atomic E-state index is 14.0. The first kappa shape index (κ1) is 26.6. The van der Waals surface area contributed by atoms with Crippen LogP contribution in [0.5, 0.6) is 0 Å². The Morgan fingerprint density at radius 2 is 1.86 bits per heavy atom. The van der Waals surface area contributed by atoms with E-state index in [1.807, 2.05) is 24.0 Å². The van der Waals surface area contributed by atoms with Gasteiger partial charge in [-0.15, -0.1) is 0 Å². The fourth-order valence-electron chi connectivity index (χ4n) is 4.98. The van der Waals surface area contributed by atoms with Gasteiger partial charge in [0.25, 0.3) is 11.8 Å². The zero-order chi connectivity index (χ0) is 26.3. The lowest BCUT2D eigenvalue weighted by molar-refractivity contribution is -0.144. The Hall–Kier alpha value is -2.41. The Kier molecular flexibility index (Phi) is 7.52. The van der Waals surface area contributed by atoms with Crippen molar-refractivity contribution in [3.63, 3.8) is 0 Å². The van der Waals surface area contributed by atoms with Crippen molar-refractivity contribution in [2.75, 3.05) is 13.2 Å². The Balaban J connectivity index is 1.75. The van der Waals surface area contributed by atoms with Crippen LogP contribution >= 0.6 is 23.2 Å². The summed E-state index contributed by atoms with van der Waals surface area (Å²) in [6.45, 7) is 14.4. The van der Waals surface area contributed by atoms with Crippen LogP contribution in [0.25, 0.3) is 0 Å². The average Bonchev–Trinajstić information content (AvgIpc) is 3.09. The molecule has 2 amide bonds. The summed E-state index contributed by atoms with van der Waals surface area (Å²) in [7, 11) is 0. The van der Waals surface area contributed by atoms with Crippen LogP contribution in [0.2, 0.25) is 10.0 Å². The quantitative estimate of drug-likeness (QED) is 0.538. The molecule has 4 rings (SSSR count). The monoisotopic (exact) mass is 527 g/mol. The molecule has 2 aromatic carbocycles. The van der Waals surface area contributed by atoms with Crippen LogP contribution in [-0.4, -0.2) is 47.3 Å². The fourth-order valence-corrected chi connectivity index (χ4v) is 5.51. The number of aliphatic imine (C=N–C) groups is 1. The molecule has 6 nitrogen and oxygen atoms in total. The molecule has 1 spiro atoms. The first-order chi connectivity index (χ1) is 16.9. The summed E-state index contributed by atoms with van der Waals surface area (Å²) in [4.78, 5) is 33.1. The van der Waals surface area contributed by atoms with E-state index in [-0.39, 0.29) is 35.9 Å². The molecule has 0 aromatic heterocycles. The lowest BCUT2D eigenvalue weighted by atomic mass is 9.80. The molecule has 0 aliphatic carbocycles. The van der Waals surface area contributed by atoms with E-state index in [2.05, 4.69) is 26.1 Å². The van der Waals surface area contributed by atoms with Gasteiger partial charge in [-0.05, 0) is 55.2 Å². The number of halogens is 2. The van der Waals surface area contributed by atoms with Crippen molar-refractivity contribution < 1.29 is 14.3 Å². The van der Waals surface area contributed by atoms with Crippen molar-refractivity contribution >= 4 is 40.7 Å². The maximum atomic E-state index is 14.0. The second kappa shape index (κ2) is 10.2. The molecule has 190 valence electrons. The Bertz CT molecular complexity index is 1170. The standard InChI is InChI=1S/C28H31Cl2N3O3/c1-6-31-25(34)19-9-7-18(8-10-19)17(2)33-26(35)24(20-13-21(29)15-22(30)14-20)32-28(33)11-12-36-23(16-28)27(3,4)5/h1,7-10,13-15,17,23H,6,11-12,16H2,2-5H3,(H,31,34)/t17-,23?,28?/m1/s1. The first-order valence-corrected chi connectivity index (χ1v) is 12.8. The Labute approximate surface area is 223 Å². The summed E-state index contributed by atoms with van der Waals surface area (Å²) in [6.07, 6.45) is 1.06. The van der Waals surface area contributed by atoms with Crippen LogP contribution in [-0.2, 0) is 9.53 Å². The van der Waals surface area contributed by atoms with Crippen LogP contribution < -0.4 is 5.32 Å². The minimum absolute atomic E-state index is 0.0619. The summed E-state index contributed by atoms with van der Waals surface area (Å²) in [6, 6.07) is 12.0. The highest BCUT2D eigenvalue weighted by Gasteiger charge is 2.53. The van der Waals surface area contributed by atoms with E-state index >= 15 is 0 Å². The van der Waals surface area contributed by atoms with Crippen molar-refractivity contribution in [1.82, 2.24) is 10.2 Å². The zero-order valence-corrected chi connectivity index (χ0v) is 22.5. The van der Waals surface area contributed by atoms with E-state index in [9.17, 15) is 9.59 Å². The fraction of sp³-hybridized carbons (Fsp3) is 0.429. The third kappa shape index (κ3) is 5.17. The summed E-state index contributed by atoms with van der Waals surface area (Å²) in [5.74, 6) is -0.424. The van der Waals surface area contributed by atoms with Gasteiger partial charge in [-0.3, -0.25) is 14.6 Å². The van der Waals surface area contributed by atoms with Crippen molar-refractivity contribution in [1.29, 1.82) is 0 Å². The van der Waals surface area contributed by atoms with Gasteiger partial charge in [-0.1, -0.05) is 56.1 Å². The van der Waals surface area contributed by atoms with Crippen molar-refractivity contribution in [3.05, 3.63) is 76.1 Å². The normalized spacial score (nSPS) is 23.1. The number of hydrogen-bond acceptors (Lipinski definition) is 4. The molecule has 1 saturated heterocycles. The smallest absolute Gasteiger partial charge is 0.275 e. The van der Waals surface area contributed by atoms with Gasteiger partial charge >= 0.3 is 0 Å². The van der Waals surface area contributed by atoms with Crippen molar-refractivity contribution in [3.8, 4) is 0 Å². The Morgan fingerprint density at radius 3 is 2.44 bits per heavy atom. The third-order valence-corrected chi connectivity index (χ3v) is 7.37. The van der Waals surface area contributed by atoms with Crippen LogP contribution in [0, 0.1) is 12.3 Å². The largest absolute Gasteiger partial charge is 0.377 e. The highest BCUT2D eigenvalue weighted by Crippen LogP contribution is 2.46. The van der Waals surface area contributed by atoms with Crippen LogP contribution in [0.4, 0.5) is 0 Å². The van der Waals surface area contributed by atoms with E-state index in [0.717, 1.165) is 5.56 Å². The van der Waals surface area contributed by atoms with Crippen LogP contribution in [0.3, 0.4) is 0 Å². The van der Waals surface area contributed by atoms with Crippen molar-refractivity contribution in [2.45, 2.75) is 58.3 Å². The van der Waals surface area contributed by atoms with Gasteiger partial charge in [0.2, 0.25) is 0 Å². The van der Waals surface area contributed by atoms with Gasteiger partial charge in [0.15, 0.2) is 0 Å². The minimum atomic E-state index is -0.771. The van der Waals surface area contributed by atoms with Gasteiger partial charge in [0.1, 0.15) is 11.4 Å². The molecule has 2 unspecified atom stereocenters. The van der Waals surface area contributed by atoms with Crippen LogP contribution in [0.15, 0.2) is 47.5 Å². The van der Waals surface area contributed by atoms with Gasteiger partial charge < -0.3 is 15.0 Å². The maximum Gasteiger partial charge on any atom is 0.275 e. The average molecular weight is 528 g/mol. The number of amides is 2. The molecule has 3 atom stereocenters. The third-order valence-electron chi connectivity index (χ3n) is 6.93. The molecule has 0 bridgehead atoms. The lowest BCUT2D eigenvalue weighted by Crippen LogP contribution is -2.55. The number of carbonyl (C=O) groups excluding carboxylic acids is 2. The van der Waals surface area contributed by atoms with E-state index < -0.39 is 5.66 Å². The molecule has 0 saturated carbocycles. The van der Waals surface area contributed by atoms with Crippen LogP contribution in [0.1, 0.15) is 68.1 Å². The van der Waals surface area contributed by atoms with Gasteiger partial charge in [0, 0.05) is 40.6 Å². The molecule has 2 aliphatic heterocycles. The van der Waals surface area contributed by atoms with Crippen molar-refractivity contribution in [2.24, 2.45) is 10.4 Å². The number of hydrogen-bond donors (Lipinski definition) is 1. The second-order valence-corrected chi connectivity index (χ2v) is 11.3. The van der Waals surface area contributed by atoms with E-state index in [4.69, 9.17) is 39.9 Å². The SMILES string of the molecule is [CH]CNC(=O)c1ccc([C@@H](C)N2C(=O)C(c3cc(Cl)cc(Cl)c3)=NC23CCOC(C(C)(C)C)C3)cc1. The van der Waals surface area contributed by atoms with Gasteiger partial charge in [0.05, 0.1) is 18.8 Å². The predicted molar refractivity (Wildman–Crippen MR) is 142 cm³/mol. The molecule has 36 heavy (non-hydrogen) atoms. The summed E-state index contributed by atoms with van der Waals surface area (Å²) in [5, 5.41) is 3.48. The summed E-state index contributed by atoms with van der Waals surface area (Å²) < 4.78 is 6.14. The van der Waals surface area contributed by atoms with Gasteiger partial charge in [-0.2, -0.15) is 0 Å². The molecule has 2 heterocycles. The number of nitrogens with one attached hydrogen (secondary N) is 1. The van der Waals surface area contributed by atoms with E-state index in [1.54, 1.807) is 30.3 Å². The number of carbonyl (C=O) groups is 2. The summed E-state index contributed by atoms with van der Waals surface area (Å²) >= 11 is 12.5. The molecular weight excluding hydrogens is 497 g/mol. The molecule has 1 N–H and O–H groups in total. The minimum Gasteiger partial charge on any atom is -0.377 e. The second-order valence-electron chi connectivity index (χ2n) is 10.5. The Morgan fingerprint density at radius 1 is 1.22 bits per heavy atom. The zero-order valence-electron chi connectivity index (χ0n) is 21.0. The lowest BCUT2D eigenvalue weighted by Gasteiger charge is -2.47. The highest BCUT2D eigenvalue weighted by atomic mass is 35.5. The van der Waals surface area contributed by atoms with E-state index in [0.29, 0.717) is 46.3 Å². The molecule has 8 heteroatoms. The first-order valence-electron chi connectivity index (χ1n) is 12.0. The molecule has 1 fully saturated rings. The molecule has 2 radical (unpaired) electrons. The number of rotatable bonds is 5. The number of benzene rings is 2. The van der Waals surface area contributed by atoms with E-state index in [1.165, 1.54) is 0 Å². The molecular formula is C28H31Cl2N3O3. The number of ether oxygens (including phenoxy) is 1. The van der Waals surface area contributed by atoms with Gasteiger partial charge in [-0.25, -0.2) is 0 Å². The highest BCUT2D eigenvalue weighted by molar-refractivity contribution is 6.47. The summed E-state index contributed by atoms with van der Waals surface area (Å²) in [5.41, 5.74) is 1.45. The predicted octanol–water partition coefficient (Wildman–Crippen LogP) is 5.75. The number of nitrogens with zero attached hydrogens (tertiary/aromatic N) is 2. The molecule has 2 aromatic rings. The molecule has 2 aliphatic rings. The topological polar surface area (TPSA) is 71.0 Å².